The Hall–Kier alpha value is -3.33. The molecule has 0 saturated carbocycles. The normalized spacial score (nSPS) is 11.6. The van der Waals surface area contributed by atoms with Crippen LogP contribution in [0.1, 0.15) is 23.0 Å². The minimum absolute atomic E-state index is 0.0437. The average Bonchev–Trinajstić information content (AvgIpc) is 3.19. The first-order chi connectivity index (χ1) is 13.9. The van der Waals surface area contributed by atoms with Crippen molar-refractivity contribution in [2.75, 3.05) is 10.6 Å². The molecular formula is C20H17F2N3O3S. The molecule has 150 valence electrons. The predicted octanol–water partition coefficient (Wildman–Crippen LogP) is 4.22. The highest BCUT2D eigenvalue weighted by Crippen LogP contribution is 2.19. The molecule has 0 spiro atoms. The van der Waals surface area contributed by atoms with Crippen LogP contribution in [-0.2, 0) is 16.1 Å². The number of ether oxygens (including phenoxy) is 1. The van der Waals surface area contributed by atoms with Gasteiger partial charge in [0, 0.05) is 18.0 Å². The van der Waals surface area contributed by atoms with Crippen LogP contribution in [0.25, 0.3) is 0 Å². The second-order valence-electron chi connectivity index (χ2n) is 6.04. The van der Waals surface area contributed by atoms with Crippen LogP contribution in [-0.4, -0.2) is 23.0 Å². The predicted molar refractivity (Wildman–Crippen MR) is 106 cm³/mol. The Morgan fingerprint density at radius 3 is 2.69 bits per heavy atom. The van der Waals surface area contributed by atoms with Crippen LogP contribution in [0.5, 0.6) is 0 Å². The number of hydrogen-bond donors (Lipinski definition) is 2. The molecule has 29 heavy (non-hydrogen) atoms. The van der Waals surface area contributed by atoms with Crippen LogP contribution < -0.4 is 10.6 Å². The maximum absolute atomic E-state index is 13.6. The van der Waals surface area contributed by atoms with Crippen molar-refractivity contribution in [3.8, 4) is 0 Å². The number of esters is 1. The first-order valence-corrected chi connectivity index (χ1v) is 9.50. The standard InChI is InChI=1S/C20H17F2N3O3S/c1-12(18(26)24-16-9-14(21)7-8-15(16)22)28-19(27)17-11-29-20(25-17)23-10-13-5-3-2-4-6-13/h2-9,11-12H,10H2,1H3,(H,23,25)(H,24,26). The first kappa shape index (κ1) is 20.4. The van der Waals surface area contributed by atoms with Crippen LogP contribution in [0.4, 0.5) is 19.6 Å². The Morgan fingerprint density at radius 1 is 1.17 bits per heavy atom. The summed E-state index contributed by atoms with van der Waals surface area (Å²) >= 11 is 1.22. The van der Waals surface area contributed by atoms with Crippen molar-refractivity contribution in [3.05, 3.63) is 76.8 Å². The smallest absolute Gasteiger partial charge is 0.358 e. The van der Waals surface area contributed by atoms with Gasteiger partial charge in [-0.1, -0.05) is 30.3 Å². The SMILES string of the molecule is CC(OC(=O)c1csc(NCc2ccccc2)n1)C(=O)Nc1cc(F)ccc1F. The number of rotatable bonds is 7. The molecular weight excluding hydrogens is 400 g/mol. The number of aromatic nitrogens is 1. The van der Waals surface area contributed by atoms with E-state index in [0.717, 1.165) is 23.8 Å². The Bertz CT molecular complexity index is 1010. The van der Waals surface area contributed by atoms with Crippen molar-refractivity contribution < 1.29 is 23.1 Å². The van der Waals surface area contributed by atoms with Crippen molar-refractivity contribution in [1.82, 2.24) is 4.98 Å². The largest absolute Gasteiger partial charge is 0.448 e. The number of carbonyl (C=O) groups excluding carboxylic acids is 2. The quantitative estimate of drug-likeness (QED) is 0.563. The lowest BCUT2D eigenvalue weighted by molar-refractivity contribution is -0.123. The van der Waals surface area contributed by atoms with Crippen molar-refractivity contribution in [3.63, 3.8) is 0 Å². The second-order valence-corrected chi connectivity index (χ2v) is 6.90. The summed E-state index contributed by atoms with van der Waals surface area (Å²) < 4.78 is 31.9. The summed E-state index contributed by atoms with van der Waals surface area (Å²) in [5, 5.41) is 7.32. The molecule has 0 aliphatic heterocycles. The zero-order valence-corrected chi connectivity index (χ0v) is 16.1. The molecule has 0 fully saturated rings. The van der Waals surface area contributed by atoms with Crippen molar-refractivity contribution in [2.45, 2.75) is 19.6 Å². The van der Waals surface area contributed by atoms with Crippen LogP contribution in [0.3, 0.4) is 0 Å². The first-order valence-electron chi connectivity index (χ1n) is 8.62. The van der Waals surface area contributed by atoms with E-state index in [1.165, 1.54) is 23.6 Å². The van der Waals surface area contributed by atoms with E-state index in [1.54, 1.807) is 0 Å². The summed E-state index contributed by atoms with van der Waals surface area (Å²) in [6.07, 6.45) is -1.23. The van der Waals surface area contributed by atoms with E-state index < -0.39 is 29.6 Å². The van der Waals surface area contributed by atoms with Crippen LogP contribution in [0, 0.1) is 11.6 Å². The van der Waals surface area contributed by atoms with Gasteiger partial charge < -0.3 is 15.4 Å². The van der Waals surface area contributed by atoms with Gasteiger partial charge in [-0.25, -0.2) is 18.6 Å². The molecule has 0 saturated heterocycles. The average molecular weight is 417 g/mol. The Labute approximate surface area is 169 Å². The molecule has 0 aliphatic carbocycles. The van der Waals surface area contributed by atoms with Gasteiger partial charge in [0.25, 0.3) is 5.91 Å². The molecule has 1 amide bonds. The van der Waals surface area contributed by atoms with E-state index in [2.05, 4.69) is 15.6 Å². The van der Waals surface area contributed by atoms with E-state index in [4.69, 9.17) is 4.74 Å². The minimum atomic E-state index is -1.23. The third-order valence-electron chi connectivity index (χ3n) is 3.84. The molecule has 1 unspecified atom stereocenters. The van der Waals surface area contributed by atoms with Crippen LogP contribution in [0.15, 0.2) is 53.9 Å². The van der Waals surface area contributed by atoms with E-state index in [0.29, 0.717) is 11.7 Å². The van der Waals surface area contributed by atoms with Gasteiger partial charge in [0.2, 0.25) is 0 Å². The Morgan fingerprint density at radius 2 is 1.93 bits per heavy atom. The Kier molecular flexibility index (Phi) is 6.50. The fourth-order valence-electron chi connectivity index (χ4n) is 2.32. The van der Waals surface area contributed by atoms with E-state index in [9.17, 15) is 18.4 Å². The maximum atomic E-state index is 13.6. The molecule has 1 aromatic heterocycles. The van der Waals surface area contributed by atoms with E-state index in [-0.39, 0.29) is 11.4 Å². The second kappa shape index (κ2) is 9.24. The molecule has 0 radical (unpaired) electrons. The minimum Gasteiger partial charge on any atom is -0.448 e. The third kappa shape index (κ3) is 5.58. The van der Waals surface area contributed by atoms with Crippen molar-refractivity contribution in [2.24, 2.45) is 0 Å². The number of anilines is 2. The van der Waals surface area contributed by atoms with Gasteiger partial charge in [0.15, 0.2) is 16.9 Å². The molecule has 2 aromatic carbocycles. The van der Waals surface area contributed by atoms with Crippen LogP contribution >= 0.6 is 11.3 Å². The molecule has 0 aliphatic rings. The number of halogens is 2. The molecule has 3 rings (SSSR count). The topological polar surface area (TPSA) is 80.3 Å². The van der Waals surface area contributed by atoms with Gasteiger partial charge >= 0.3 is 5.97 Å². The Balaban J connectivity index is 1.54. The van der Waals surface area contributed by atoms with E-state index in [1.807, 2.05) is 30.3 Å². The highest BCUT2D eigenvalue weighted by Gasteiger charge is 2.22. The summed E-state index contributed by atoms with van der Waals surface area (Å²) in [6.45, 7) is 1.87. The fraction of sp³-hybridized carbons (Fsp3) is 0.150. The molecule has 2 N–H and O–H groups in total. The highest BCUT2D eigenvalue weighted by molar-refractivity contribution is 7.13. The molecule has 1 heterocycles. The van der Waals surface area contributed by atoms with Crippen molar-refractivity contribution in [1.29, 1.82) is 0 Å². The number of nitrogens with zero attached hydrogens (tertiary/aromatic N) is 1. The van der Waals surface area contributed by atoms with Gasteiger partial charge in [-0.15, -0.1) is 11.3 Å². The van der Waals surface area contributed by atoms with Gasteiger partial charge in [0.05, 0.1) is 5.69 Å². The van der Waals surface area contributed by atoms with Gasteiger partial charge in [0.1, 0.15) is 11.6 Å². The summed E-state index contributed by atoms with van der Waals surface area (Å²) in [6, 6.07) is 12.3. The maximum Gasteiger partial charge on any atom is 0.358 e. The number of benzene rings is 2. The van der Waals surface area contributed by atoms with Gasteiger partial charge in [-0.3, -0.25) is 4.79 Å². The summed E-state index contributed by atoms with van der Waals surface area (Å²) in [5.41, 5.74) is 0.766. The molecule has 3 aromatic rings. The summed E-state index contributed by atoms with van der Waals surface area (Å²) in [4.78, 5) is 28.4. The lowest BCUT2D eigenvalue weighted by Gasteiger charge is -2.13. The highest BCUT2D eigenvalue weighted by atomic mass is 32.1. The zero-order valence-electron chi connectivity index (χ0n) is 15.3. The molecule has 9 heteroatoms. The molecule has 6 nitrogen and oxygen atoms in total. The number of thiazole rings is 1. The molecule has 0 bridgehead atoms. The summed E-state index contributed by atoms with van der Waals surface area (Å²) in [7, 11) is 0. The monoisotopic (exact) mass is 417 g/mol. The fourth-order valence-corrected chi connectivity index (χ4v) is 3.00. The number of nitrogens with one attached hydrogen (secondary N) is 2. The zero-order chi connectivity index (χ0) is 20.8. The lowest BCUT2D eigenvalue weighted by atomic mass is 10.2. The molecule has 1 atom stereocenters. The number of amides is 1. The number of hydrogen-bond acceptors (Lipinski definition) is 6. The van der Waals surface area contributed by atoms with E-state index >= 15 is 0 Å². The van der Waals surface area contributed by atoms with Gasteiger partial charge in [-0.05, 0) is 24.6 Å². The third-order valence-corrected chi connectivity index (χ3v) is 4.64. The van der Waals surface area contributed by atoms with Crippen molar-refractivity contribution >= 4 is 34.0 Å². The van der Waals surface area contributed by atoms with Gasteiger partial charge in [-0.2, -0.15) is 0 Å². The van der Waals surface area contributed by atoms with Crippen LogP contribution in [0.2, 0.25) is 0 Å². The summed E-state index contributed by atoms with van der Waals surface area (Å²) in [5.74, 6) is -3.09. The lowest BCUT2D eigenvalue weighted by Crippen LogP contribution is -2.30. The number of carbonyl (C=O) groups is 2.